The van der Waals surface area contributed by atoms with Crippen molar-refractivity contribution in [3.05, 3.63) is 334 Å². The summed E-state index contributed by atoms with van der Waals surface area (Å²) in [6.45, 7) is 43.7. The van der Waals surface area contributed by atoms with E-state index in [0.29, 0.717) is 0 Å². The van der Waals surface area contributed by atoms with E-state index in [1.165, 1.54) is 197 Å². The van der Waals surface area contributed by atoms with Crippen LogP contribution in [0.25, 0.3) is 131 Å². The lowest BCUT2D eigenvalue weighted by atomic mass is 9.81. The molecule has 0 nitrogen and oxygen atoms in total. The highest BCUT2D eigenvalue weighted by Gasteiger charge is 2.39. The molecule has 0 atom stereocenters. The molecule has 0 spiro atoms. The smallest absolute Gasteiger partial charge is 0.0159 e. The van der Waals surface area contributed by atoms with Crippen molar-refractivity contribution >= 4 is 86.2 Å². The monoisotopic (exact) mass is 1410 g/mol. The molecule has 4 aliphatic carbocycles. The lowest BCUT2D eigenvalue weighted by Crippen LogP contribution is -2.14. The molecule has 0 heteroatoms. The standard InChI is InChI=1S/4C25H22.4C2H6/c1-4-16-8-7-9-17-12-13-18-14-23-21(15-20(18)24(16)17)19-10-5-6-11-22(19)25(23,2)3;1-4-16-8-7-10-19-18(16)13-12-17-14-24-22(15-21(17)19)20-9-5-6-11-23(20)25(24,2)3;1-4-16-9-12-19-17(13-16)10-11-18-14-24-22(15-21(18)19)20-7-5-6-8-23(20)25(24,2)3;1-4-16-9-10-17-11-12-18-14-24-22(15-21(18)20(17)13-16)19-7-5-6-8-23(19)25(24,2)3;4*1-2/h4*5-15H,4H2,1-3H3;4*1-2H3. The molecule has 544 valence electrons. The van der Waals surface area contributed by atoms with Gasteiger partial charge in [-0.2, -0.15) is 0 Å². The Balaban J connectivity index is 0.000000123. The predicted octanol–water partition coefficient (Wildman–Crippen LogP) is 31.6. The third-order valence-corrected chi connectivity index (χ3v) is 24.1. The van der Waals surface area contributed by atoms with E-state index >= 15 is 0 Å². The van der Waals surface area contributed by atoms with Gasteiger partial charge in [-0.05, 0) is 272 Å². The molecule has 20 rings (SSSR count). The van der Waals surface area contributed by atoms with Crippen LogP contribution in [-0.4, -0.2) is 0 Å². The average molecular weight is 1410 g/mol. The lowest BCUT2D eigenvalue weighted by molar-refractivity contribution is 0.661. The van der Waals surface area contributed by atoms with Crippen LogP contribution >= 0.6 is 0 Å². The van der Waals surface area contributed by atoms with Crippen molar-refractivity contribution in [1.82, 2.24) is 0 Å². The van der Waals surface area contributed by atoms with Crippen molar-refractivity contribution in [2.45, 2.75) is 186 Å². The Bertz CT molecular complexity index is 5960. The van der Waals surface area contributed by atoms with E-state index in [9.17, 15) is 0 Å². The van der Waals surface area contributed by atoms with Gasteiger partial charge in [0.1, 0.15) is 0 Å². The molecular formula is C108H112. The Hall–Kier alpha value is -10.4. The predicted molar refractivity (Wildman–Crippen MR) is 479 cm³/mol. The first-order chi connectivity index (χ1) is 52.4. The van der Waals surface area contributed by atoms with Gasteiger partial charge < -0.3 is 0 Å². The van der Waals surface area contributed by atoms with Gasteiger partial charge in [0.15, 0.2) is 0 Å². The maximum absolute atomic E-state index is 2.44. The molecule has 0 saturated heterocycles. The SMILES string of the molecule is CC.CC.CC.CC.CCc1ccc2c(ccc3cc4c(cc32)-c2ccccc2C4(C)C)c1.CCc1ccc2ccc3cc4c(cc3c2c1)-c1ccccc1C4(C)C.CCc1cccc2c1ccc1cc3c(cc12)-c1ccccc1C3(C)C.CCc1cccc2ccc3cc4c(cc3c12)-c1ccccc1C4(C)C. The first kappa shape index (κ1) is 75.8. The second-order valence-corrected chi connectivity index (χ2v) is 31.0. The van der Waals surface area contributed by atoms with E-state index < -0.39 is 0 Å². The Morgan fingerprint density at radius 3 is 0.926 bits per heavy atom. The minimum atomic E-state index is 0.0688. The fourth-order valence-electron chi connectivity index (χ4n) is 18.4. The normalized spacial score (nSPS) is 13.8. The summed E-state index contributed by atoms with van der Waals surface area (Å²) in [5, 5.41) is 21.8. The van der Waals surface area contributed by atoms with Crippen LogP contribution in [0.2, 0.25) is 0 Å². The number of fused-ring (bicyclic) bond motifs is 24. The van der Waals surface area contributed by atoms with Crippen LogP contribution in [0.5, 0.6) is 0 Å². The number of benzene rings is 16. The van der Waals surface area contributed by atoms with Crippen LogP contribution in [-0.2, 0) is 47.3 Å². The summed E-state index contributed by atoms with van der Waals surface area (Å²) in [7, 11) is 0. The zero-order valence-electron chi connectivity index (χ0n) is 68.2. The largest absolute Gasteiger partial charge is 0.0683 e. The molecule has 0 unspecified atom stereocenters. The summed E-state index contributed by atoms with van der Waals surface area (Å²) in [6.07, 6.45) is 4.30. The molecule has 0 fully saturated rings. The maximum Gasteiger partial charge on any atom is 0.0159 e. The Morgan fingerprint density at radius 1 is 0.185 bits per heavy atom. The van der Waals surface area contributed by atoms with E-state index in [-0.39, 0.29) is 21.7 Å². The Labute approximate surface area is 646 Å². The minimum Gasteiger partial charge on any atom is -0.0683 e. The van der Waals surface area contributed by atoms with Crippen molar-refractivity contribution in [1.29, 1.82) is 0 Å². The van der Waals surface area contributed by atoms with E-state index in [0.717, 1.165) is 25.7 Å². The van der Waals surface area contributed by atoms with Gasteiger partial charge >= 0.3 is 0 Å². The highest BCUT2D eigenvalue weighted by Crippen LogP contribution is 2.55. The van der Waals surface area contributed by atoms with Gasteiger partial charge in [-0.15, -0.1) is 0 Å². The van der Waals surface area contributed by atoms with Gasteiger partial charge in [0.2, 0.25) is 0 Å². The zero-order valence-corrected chi connectivity index (χ0v) is 68.2. The van der Waals surface area contributed by atoms with Gasteiger partial charge in [-0.25, -0.2) is 0 Å². The summed E-state index contributed by atoms with van der Waals surface area (Å²) in [4.78, 5) is 0. The molecule has 0 heterocycles. The molecule has 0 bridgehead atoms. The maximum atomic E-state index is 2.44. The van der Waals surface area contributed by atoms with Crippen molar-refractivity contribution < 1.29 is 0 Å². The van der Waals surface area contributed by atoms with E-state index in [1.54, 1.807) is 0 Å². The number of rotatable bonds is 4. The third-order valence-electron chi connectivity index (χ3n) is 24.1. The van der Waals surface area contributed by atoms with Crippen molar-refractivity contribution in [3.63, 3.8) is 0 Å². The summed E-state index contributed by atoms with van der Waals surface area (Å²) < 4.78 is 0. The van der Waals surface area contributed by atoms with Crippen LogP contribution < -0.4 is 0 Å². The molecule has 0 saturated carbocycles. The topological polar surface area (TPSA) is 0 Å². The summed E-state index contributed by atoms with van der Waals surface area (Å²) in [5.74, 6) is 0. The number of hydrogen-bond acceptors (Lipinski definition) is 0. The van der Waals surface area contributed by atoms with Gasteiger partial charge in [0.05, 0.1) is 0 Å². The fraction of sp³-hybridized carbons (Fsp3) is 0.259. The molecule has 0 radical (unpaired) electrons. The van der Waals surface area contributed by atoms with Crippen molar-refractivity contribution in [2.24, 2.45) is 0 Å². The summed E-state index contributed by atoms with van der Waals surface area (Å²) in [5.41, 5.74) is 28.7. The van der Waals surface area contributed by atoms with Crippen LogP contribution in [0.15, 0.2) is 267 Å². The molecule has 0 N–H and O–H groups in total. The highest BCUT2D eigenvalue weighted by molar-refractivity contribution is 6.14. The molecular weight excluding hydrogens is 1300 g/mol. The molecule has 16 aromatic rings. The third kappa shape index (κ3) is 12.7. The van der Waals surface area contributed by atoms with Gasteiger partial charge in [-0.1, -0.05) is 357 Å². The second-order valence-electron chi connectivity index (χ2n) is 31.0. The first-order valence-corrected chi connectivity index (χ1v) is 40.8. The molecule has 0 aromatic heterocycles. The van der Waals surface area contributed by atoms with Crippen LogP contribution in [0.4, 0.5) is 0 Å². The lowest BCUT2D eigenvalue weighted by Gasteiger charge is -2.22. The molecule has 16 aromatic carbocycles. The number of hydrogen-bond donors (Lipinski definition) is 0. The van der Waals surface area contributed by atoms with E-state index in [2.05, 4.69) is 350 Å². The van der Waals surface area contributed by atoms with Crippen LogP contribution in [0.3, 0.4) is 0 Å². The second kappa shape index (κ2) is 30.7. The number of aryl methyl sites for hydroxylation is 4. The summed E-state index contributed by atoms with van der Waals surface area (Å²) >= 11 is 0. The Morgan fingerprint density at radius 2 is 0.491 bits per heavy atom. The Kier molecular flexibility index (Phi) is 21.5. The fourth-order valence-corrected chi connectivity index (χ4v) is 18.4. The zero-order chi connectivity index (χ0) is 76.7. The van der Waals surface area contributed by atoms with E-state index in [4.69, 9.17) is 0 Å². The first-order valence-electron chi connectivity index (χ1n) is 40.8. The molecule has 108 heavy (non-hydrogen) atoms. The van der Waals surface area contributed by atoms with Gasteiger partial charge in [0.25, 0.3) is 0 Å². The van der Waals surface area contributed by atoms with Crippen LogP contribution in [0.1, 0.15) is 205 Å². The van der Waals surface area contributed by atoms with E-state index in [1.807, 2.05) is 55.4 Å². The minimum absolute atomic E-state index is 0.0688. The van der Waals surface area contributed by atoms with Gasteiger partial charge in [0, 0.05) is 21.7 Å². The molecule has 0 amide bonds. The highest BCUT2D eigenvalue weighted by atomic mass is 14.4. The van der Waals surface area contributed by atoms with Gasteiger partial charge in [-0.3, -0.25) is 0 Å². The molecule has 0 aliphatic heterocycles. The summed E-state index contributed by atoms with van der Waals surface area (Å²) in [6, 6.07) is 100. The van der Waals surface area contributed by atoms with Crippen molar-refractivity contribution in [3.8, 4) is 44.5 Å². The average Bonchev–Trinajstić information content (AvgIpc) is 1.56. The quantitative estimate of drug-likeness (QED) is 0.154. The van der Waals surface area contributed by atoms with Crippen molar-refractivity contribution in [2.75, 3.05) is 0 Å². The molecule has 4 aliphatic rings. The van der Waals surface area contributed by atoms with Crippen LogP contribution in [0, 0.1) is 0 Å².